The van der Waals surface area contributed by atoms with E-state index in [0.717, 1.165) is 5.69 Å². The van der Waals surface area contributed by atoms with Gasteiger partial charge in [0.15, 0.2) is 0 Å². The fraction of sp³-hybridized carbons (Fsp3) is 0.300. The molecule has 1 rings (SSSR count). The van der Waals surface area contributed by atoms with Crippen LogP contribution in [0.2, 0.25) is 0 Å². The van der Waals surface area contributed by atoms with Gasteiger partial charge < -0.3 is 4.90 Å². The van der Waals surface area contributed by atoms with E-state index in [2.05, 4.69) is 0 Å². The summed E-state index contributed by atoms with van der Waals surface area (Å²) in [5, 5.41) is 0. The summed E-state index contributed by atoms with van der Waals surface area (Å²) in [4.78, 5) is 1.91. The van der Waals surface area contributed by atoms with Crippen molar-refractivity contribution in [3.63, 3.8) is 0 Å². The molecule has 0 aliphatic heterocycles. The molecule has 0 aromatic heterocycles. The maximum absolute atomic E-state index is 12.6. The van der Waals surface area contributed by atoms with Gasteiger partial charge in [-0.3, -0.25) is 0 Å². The summed E-state index contributed by atoms with van der Waals surface area (Å²) in [7, 11) is 0. The lowest BCUT2D eigenvalue weighted by Gasteiger charge is -2.23. The Bertz CT molecular complexity index is 281. The van der Waals surface area contributed by atoms with Gasteiger partial charge in [-0.25, -0.2) is 4.39 Å². The first-order valence-corrected chi connectivity index (χ1v) is 4.61. The lowest BCUT2D eigenvalue weighted by molar-refractivity contribution is 0.627. The van der Waals surface area contributed by atoms with E-state index in [4.69, 9.17) is 12.2 Å². The number of hydrogen-bond acceptors (Lipinski definition) is 1. The van der Waals surface area contributed by atoms with Gasteiger partial charge in [0, 0.05) is 11.7 Å². The van der Waals surface area contributed by atoms with Gasteiger partial charge in [0.1, 0.15) is 5.82 Å². The highest BCUT2D eigenvalue weighted by Crippen LogP contribution is 2.15. The molecule has 0 aliphatic rings. The number of rotatable bonds is 3. The number of benzene rings is 1. The normalized spacial score (nSPS) is 10.2. The predicted octanol–water partition coefficient (Wildman–Crippen LogP) is 3.00. The minimum atomic E-state index is -0.225. The summed E-state index contributed by atoms with van der Waals surface area (Å²) in [5.41, 5.74) is 2.50. The fourth-order valence-corrected chi connectivity index (χ4v) is 1.46. The number of anilines is 1. The maximum Gasteiger partial charge on any atom is 0.123 e. The Kier molecular flexibility index (Phi) is 3.37. The van der Waals surface area contributed by atoms with E-state index in [1.54, 1.807) is 17.6 Å². The third kappa shape index (κ3) is 2.49. The standard InChI is InChI=1S/C10H12FNS/c1-8(2)12(7-13)10-5-3-9(11)4-6-10/h3-8H,1-2H3. The topological polar surface area (TPSA) is 3.24 Å². The monoisotopic (exact) mass is 197 g/mol. The van der Waals surface area contributed by atoms with Crippen LogP contribution in [0.3, 0.4) is 0 Å². The van der Waals surface area contributed by atoms with Crippen molar-refractivity contribution in [1.29, 1.82) is 0 Å². The van der Waals surface area contributed by atoms with Gasteiger partial charge in [0.2, 0.25) is 0 Å². The molecule has 0 N–H and O–H groups in total. The van der Waals surface area contributed by atoms with Crippen LogP contribution in [0.25, 0.3) is 0 Å². The molecule has 70 valence electrons. The van der Waals surface area contributed by atoms with Crippen molar-refractivity contribution >= 4 is 23.4 Å². The third-order valence-electron chi connectivity index (χ3n) is 1.79. The second-order valence-electron chi connectivity index (χ2n) is 3.08. The van der Waals surface area contributed by atoms with Crippen molar-refractivity contribution < 1.29 is 4.39 Å². The molecule has 0 aliphatic carbocycles. The maximum atomic E-state index is 12.6. The summed E-state index contributed by atoms with van der Waals surface area (Å²) in [5.74, 6) is -0.225. The minimum Gasteiger partial charge on any atom is -0.336 e. The van der Waals surface area contributed by atoms with E-state index in [1.807, 2.05) is 18.7 Å². The average Bonchev–Trinajstić information content (AvgIpc) is 2.09. The Labute approximate surface area is 83.2 Å². The molecular formula is C10H12FNS. The van der Waals surface area contributed by atoms with Gasteiger partial charge >= 0.3 is 0 Å². The Morgan fingerprint density at radius 3 is 2.23 bits per heavy atom. The van der Waals surface area contributed by atoms with Crippen LogP contribution in [0.4, 0.5) is 10.1 Å². The zero-order valence-corrected chi connectivity index (χ0v) is 8.51. The van der Waals surface area contributed by atoms with Crippen molar-refractivity contribution in [2.24, 2.45) is 0 Å². The van der Waals surface area contributed by atoms with Gasteiger partial charge in [-0.2, -0.15) is 0 Å². The number of thiocarbonyl (C=S) groups is 1. The van der Waals surface area contributed by atoms with Crippen LogP contribution >= 0.6 is 12.2 Å². The lowest BCUT2D eigenvalue weighted by atomic mass is 10.2. The van der Waals surface area contributed by atoms with E-state index in [0.29, 0.717) is 6.04 Å². The van der Waals surface area contributed by atoms with Crippen molar-refractivity contribution in [2.75, 3.05) is 4.90 Å². The number of halogens is 1. The fourth-order valence-electron chi connectivity index (χ4n) is 1.09. The van der Waals surface area contributed by atoms with Gasteiger partial charge in [0.25, 0.3) is 0 Å². The molecule has 0 fully saturated rings. The van der Waals surface area contributed by atoms with E-state index in [1.165, 1.54) is 12.1 Å². The van der Waals surface area contributed by atoms with Gasteiger partial charge in [-0.1, -0.05) is 12.2 Å². The molecule has 13 heavy (non-hydrogen) atoms. The van der Waals surface area contributed by atoms with Crippen molar-refractivity contribution in [2.45, 2.75) is 19.9 Å². The van der Waals surface area contributed by atoms with E-state index >= 15 is 0 Å². The molecular weight excluding hydrogens is 185 g/mol. The van der Waals surface area contributed by atoms with E-state index in [9.17, 15) is 4.39 Å². The Hall–Kier alpha value is -0.960. The molecule has 1 aromatic carbocycles. The zero-order valence-electron chi connectivity index (χ0n) is 7.70. The first-order chi connectivity index (χ1) is 6.15. The zero-order chi connectivity index (χ0) is 9.84. The lowest BCUT2D eigenvalue weighted by Crippen LogP contribution is -2.27. The summed E-state index contributed by atoms with van der Waals surface area (Å²) < 4.78 is 12.6. The largest absolute Gasteiger partial charge is 0.336 e. The van der Waals surface area contributed by atoms with E-state index < -0.39 is 0 Å². The molecule has 1 nitrogen and oxygen atoms in total. The SMILES string of the molecule is CC(C)N(C=S)c1ccc(F)cc1. The molecule has 0 amide bonds. The first kappa shape index (κ1) is 10.1. The van der Waals surface area contributed by atoms with Gasteiger partial charge in [-0.05, 0) is 38.1 Å². The summed E-state index contributed by atoms with van der Waals surface area (Å²) >= 11 is 4.87. The van der Waals surface area contributed by atoms with Crippen LogP contribution in [0.1, 0.15) is 13.8 Å². The Morgan fingerprint density at radius 1 is 1.31 bits per heavy atom. The third-order valence-corrected chi connectivity index (χ3v) is 2.02. The van der Waals surface area contributed by atoms with Gasteiger partial charge in [0.05, 0.1) is 5.49 Å². The van der Waals surface area contributed by atoms with Crippen LogP contribution < -0.4 is 4.90 Å². The molecule has 0 atom stereocenters. The molecule has 0 saturated heterocycles. The Morgan fingerprint density at radius 2 is 1.85 bits per heavy atom. The van der Waals surface area contributed by atoms with Crippen molar-refractivity contribution in [3.8, 4) is 0 Å². The highest BCUT2D eigenvalue weighted by molar-refractivity contribution is 7.79. The van der Waals surface area contributed by atoms with Crippen LogP contribution in [0, 0.1) is 5.82 Å². The minimum absolute atomic E-state index is 0.225. The van der Waals surface area contributed by atoms with Crippen LogP contribution in [-0.2, 0) is 0 Å². The van der Waals surface area contributed by atoms with Crippen LogP contribution in [0.5, 0.6) is 0 Å². The number of hydrogen-bond donors (Lipinski definition) is 0. The van der Waals surface area contributed by atoms with Gasteiger partial charge in [-0.15, -0.1) is 0 Å². The highest BCUT2D eigenvalue weighted by Gasteiger charge is 2.06. The molecule has 3 heteroatoms. The molecule has 1 aromatic rings. The van der Waals surface area contributed by atoms with E-state index in [-0.39, 0.29) is 5.82 Å². The smallest absolute Gasteiger partial charge is 0.123 e. The molecule has 0 radical (unpaired) electrons. The average molecular weight is 197 g/mol. The molecule has 0 saturated carbocycles. The summed E-state index contributed by atoms with van der Waals surface area (Å²) in [6.07, 6.45) is 0. The summed E-state index contributed by atoms with van der Waals surface area (Å²) in [6, 6.07) is 6.60. The molecule has 0 spiro atoms. The molecule has 0 heterocycles. The van der Waals surface area contributed by atoms with Crippen molar-refractivity contribution in [1.82, 2.24) is 0 Å². The van der Waals surface area contributed by atoms with Crippen LogP contribution in [0.15, 0.2) is 24.3 Å². The first-order valence-electron chi connectivity index (χ1n) is 4.14. The summed E-state index contributed by atoms with van der Waals surface area (Å²) in [6.45, 7) is 4.07. The highest BCUT2D eigenvalue weighted by atomic mass is 32.1. The van der Waals surface area contributed by atoms with Crippen molar-refractivity contribution in [3.05, 3.63) is 30.1 Å². The Balaban J connectivity index is 2.92. The predicted molar refractivity (Wildman–Crippen MR) is 57.7 cm³/mol. The number of nitrogens with zero attached hydrogens (tertiary/aromatic N) is 1. The second-order valence-corrected chi connectivity index (χ2v) is 3.29. The quantitative estimate of drug-likeness (QED) is 0.685. The van der Waals surface area contributed by atoms with Crippen LogP contribution in [-0.4, -0.2) is 11.5 Å². The molecule has 0 unspecified atom stereocenters. The second kappa shape index (κ2) is 4.33. The molecule has 0 bridgehead atoms.